The molecule has 1 aliphatic heterocycles. The van der Waals surface area contributed by atoms with E-state index >= 15 is 0 Å². The minimum absolute atomic E-state index is 0.0662. The van der Waals surface area contributed by atoms with Crippen LogP contribution in [0.1, 0.15) is 69.7 Å². The zero-order valence-electron chi connectivity index (χ0n) is 26.1. The molecule has 0 spiro atoms. The van der Waals surface area contributed by atoms with Crippen LogP contribution in [-0.4, -0.2) is 82.6 Å². The molecule has 0 fully saturated rings. The second kappa shape index (κ2) is 13.6. The summed E-state index contributed by atoms with van der Waals surface area (Å²) in [4.78, 5) is 43.3. The molecule has 2 aliphatic rings. The maximum atomic E-state index is 13.7. The van der Waals surface area contributed by atoms with Gasteiger partial charge in [0.2, 0.25) is 5.91 Å². The van der Waals surface area contributed by atoms with E-state index in [1.807, 2.05) is 63.9 Å². The standard InChI is InChI=1S/C33H47N5O4/c1-24(2)38(32(41)42-33(3,4)5)19-18-36(23-31(40)35(6)37-21-26-13-7-8-14-27(26)22-37)30(39)20-34-29-17-11-15-25-12-9-10-16-28(25)29/h7-8,11,13-15,17,24,34H,9-10,12,16,18-23H2,1-6H3. The number of hydrogen-bond donors (Lipinski definition) is 1. The molecule has 4 rings (SSSR count). The van der Waals surface area contributed by atoms with E-state index < -0.39 is 11.7 Å². The van der Waals surface area contributed by atoms with Crippen molar-refractivity contribution in [2.45, 2.75) is 85.0 Å². The highest BCUT2D eigenvalue weighted by atomic mass is 16.6. The summed E-state index contributed by atoms with van der Waals surface area (Å²) in [7, 11) is 1.76. The van der Waals surface area contributed by atoms with Crippen molar-refractivity contribution in [3.8, 4) is 0 Å². The predicted molar refractivity (Wildman–Crippen MR) is 165 cm³/mol. The van der Waals surface area contributed by atoms with E-state index in [1.165, 1.54) is 28.7 Å². The van der Waals surface area contributed by atoms with E-state index in [0.29, 0.717) is 13.1 Å². The molecule has 2 aromatic carbocycles. The molecule has 42 heavy (non-hydrogen) atoms. The number of hydrazine groups is 1. The third-order valence-electron chi connectivity index (χ3n) is 7.98. The monoisotopic (exact) mass is 577 g/mol. The number of aryl methyl sites for hydroxylation is 1. The Bertz CT molecular complexity index is 1250. The molecule has 9 nitrogen and oxygen atoms in total. The van der Waals surface area contributed by atoms with E-state index in [2.05, 4.69) is 23.5 Å². The maximum absolute atomic E-state index is 13.7. The van der Waals surface area contributed by atoms with Crippen molar-refractivity contribution in [1.82, 2.24) is 19.8 Å². The number of carbonyl (C=O) groups is 3. The van der Waals surface area contributed by atoms with Gasteiger partial charge in [0.25, 0.3) is 5.91 Å². The first-order valence-electron chi connectivity index (χ1n) is 15.1. The number of anilines is 1. The summed E-state index contributed by atoms with van der Waals surface area (Å²) in [6.45, 7) is 11.1. The van der Waals surface area contributed by atoms with Crippen LogP contribution >= 0.6 is 0 Å². The second-order valence-corrected chi connectivity index (χ2v) is 12.6. The van der Waals surface area contributed by atoms with Crippen LogP contribution in [-0.2, 0) is 40.3 Å². The number of likely N-dealkylation sites (N-methyl/N-ethyl adjacent to an activating group) is 1. The number of rotatable bonds is 10. The van der Waals surface area contributed by atoms with E-state index in [0.717, 1.165) is 24.9 Å². The number of nitrogens with zero attached hydrogens (tertiary/aromatic N) is 4. The van der Waals surface area contributed by atoms with E-state index in [4.69, 9.17) is 4.74 Å². The van der Waals surface area contributed by atoms with Crippen LogP contribution in [0.5, 0.6) is 0 Å². The number of fused-ring (bicyclic) bond motifs is 2. The molecular weight excluding hydrogens is 530 g/mol. The first-order valence-corrected chi connectivity index (χ1v) is 15.1. The van der Waals surface area contributed by atoms with Crippen molar-refractivity contribution >= 4 is 23.6 Å². The number of nitrogens with one attached hydrogen (secondary N) is 1. The molecule has 0 saturated heterocycles. The molecule has 3 amide bonds. The summed E-state index contributed by atoms with van der Waals surface area (Å²) in [5, 5.41) is 6.97. The first kappa shape index (κ1) is 31.3. The van der Waals surface area contributed by atoms with Gasteiger partial charge in [-0.1, -0.05) is 36.4 Å². The Morgan fingerprint density at radius 3 is 2.19 bits per heavy atom. The summed E-state index contributed by atoms with van der Waals surface area (Å²) in [6.07, 6.45) is 3.95. The lowest BCUT2D eigenvalue weighted by Gasteiger charge is -2.34. The smallest absolute Gasteiger partial charge is 0.410 e. The molecule has 0 bridgehead atoms. The summed E-state index contributed by atoms with van der Waals surface area (Å²) in [5.41, 5.74) is 5.37. The molecule has 0 atom stereocenters. The van der Waals surface area contributed by atoms with Gasteiger partial charge >= 0.3 is 6.09 Å². The molecule has 9 heteroatoms. The molecule has 0 unspecified atom stereocenters. The van der Waals surface area contributed by atoms with Crippen molar-refractivity contribution in [3.05, 3.63) is 64.7 Å². The Hall–Kier alpha value is -3.59. The molecule has 228 valence electrons. The summed E-state index contributed by atoms with van der Waals surface area (Å²) in [5.74, 6) is -0.371. The van der Waals surface area contributed by atoms with Gasteiger partial charge in [0, 0.05) is 45.0 Å². The van der Waals surface area contributed by atoms with Crippen molar-refractivity contribution in [2.75, 3.05) is 38.5 Å². The number of ether oxygens (including phenoxy) is 1. The van der Waals surface area contributed by atoms with Gasteiger partial charge in [-0.25, -0.2) is 9.80 Å². The fraction of sp³-hybridized carbons (Fsp3) is 0.545. The van der Waals surface area contributed by atoms with Gasteiger partial charge < -0.3 is 19.9 Å². The van der Waals surface area contributed by atoms with Crippen molar-refractivity contribution in [2.24, 2.45) is 0 Å². The van der Waals surface area contributed by atoms with Crippen LogP contribution in [0.15, 0.2) is 42.5 Å². The minimum atomic E-state index is -0.634. The Balaban J connectivity index is 1.46. The van der Waals surface area contributed by atoms with Crippen LogP contribution in [0.25, 0.3) is 0 Å². The number of hydrogen-bond acceptors (Lipinski definition) is 6. The molecule has 2 aromatic rings. The highest BCUT2D eigenvalue weighted by Gasteiger charge is 2.29. The highest BCUT2D eigenvalue weighted by molar-refractivity contribution is 5.87. The SMILES string of the molecule is CC(C)N(CCN(CC(=O)N(C)N1Cc2ccccc2C1)C(=O)CNc1cccc2c1CCCC2)C(=O)OC(C)(C)C. The topological polar surface area (TPSA) is 85.4 Å². The summed E-state index contributed by atoms with van der Waals surface area (Å²) >= 11 is 0. The van der Waals surface area contributed by atoms with Gasteiger partial charge in [-0.3, -0.25) is 14.6 Å². The quantitative estimate of drug-likeness (QED) is 0.435. The average Bonchev–Trinajstić information content (AvgIpc) is 3.38. The van der Waals surface area contributed by atoms with E-state index in [9.17, 15) is 14.4 Å². The minimum Gasteiger partial charge on any atom is -0.444 e. The molecule has 1 heterocycles. The lowest BCUT2D eigenvalue weighted by molar-refractivity contribution is -0.151. The third-order valence-corrected chi connectivity index (χ3v) is 7.98. The van der Waals surface area contributed by atoms with Crippen molar-refractivity contribution < 1.29 is 19.1 Å². The third kappa shape index (κ3) is 8.03. The zero-order valence-corrected chi connectivity index (χ0v) is 26.1. The molecule has 0 radical (unpaired) electrons. The van der Waals surface area contributed by atoms with Crippen LogP contribution in [0.4, 0.5) is 10.5 Å². The number of carbonyl (C=O) groups excluding carboxylic acids is 3. The first-order chi connectivity index (χ1) is 19.9. The Morgan fingerprint density at radius 2 is 1.55 bits per heavy atom. The number of amides is 3. The summed E-state index contributed by atoms with van der Waals surface area (Å²) in [6, 6.07) is 14.3. The van der Waals surface area contributed by atoms with Crippen molar-refractivity contribution in [1.29, 1.82) is 0 Å². The average molecular weight is 578 g/mol. The second-order valence-electron chi connectivity index (χ2n) is 12.6. The van der Waals surface area contributed by atoms with Crippen molar-refractivity contribution in [3.63, 3.8) is 0 Å². The van der Waals surface area contributed by atoms with E-state index in [1.54, 1.807) is 21.9 Å². The molecule has 1 N–H and O–H groups in total. The van der Waals surface area contributed by atoms with Gasteiger partial charge in [-0.2, -0.15) is 0 Å². The maximum Gasteiger partial charge on any atom is 0.410 e. The van der Waals surface area contributed by atoms with Crippen LogP contribution < -0.4 is 5.32 Å². The molecule has 0 aromatic heterocycles. The van der Waals surface area contributed by atoms with Gasteiger partial charge in [0.15, 0.2) is 0 Å². The summed E-state index contributed by atoms with van der Waals surface area (Å²) < 4.78 is 5.62. The normalized spacial score (nSPS) is 14.6. The van der Waals surface area contributed by atoms with E-state index in [-0.39, 0.29) is 44.0 Å². The van der Waals surface area contributed by atoms with Gasteiger partial charge in [0.05, 0.1) is 6.54 Å². The zero-order chi connectivity index (χ0) is 30.4. The number of benzene rings is 2. The Labute approximate surface area is 250 Å². The fourth-order valence-electron chi connectivity index (χ4n) is 5.58. The lowest BCUT2D eigenvalue weighted by atomic mass is 9.90. The van der Waals surface area contributed by atoms with Crippen LogP contribution in [0.3, 0.4) is 0 Å². The largest absolute Gasteiger partial charge is 0.444 e. The van der Waals surface area contributed by atoms with Gasteiger partial charge in [-0.05, 0) is 88.6 Å². The molecule has 1 aliphatic carbocycles. The van der Waals surface area contributed by atoms with Gasteiger partial charge in [-0.15, -0.1) is 0 Å². The fourth-order valence-corrected chi connectivity index (χ4v) is 5.58. The molecular formula is C33H47N5O4. The predicted octanol–water partition coefficient (Wildman–Crippen LogP) is 4.84. The Kier molecular flexibility index (Phi) is 10.1. The highest BCUT2D eigenvalue weighted by Crippen LogP contribution is 2.28. The van der Waals surface area contributed by atoms with Gasteiger partial charge in [0.1, 0.15) is 12.1 Å². The lowest BCUT2D eigenvalue weighted by Crippen LogP contribution is -2.51. The Morgan fingerprint density at radius 1 is 0.905 bits per heavy atom. The van der Waals surface area contributed by atoms with Crippen LogP contribution in [0.2, 0.25) is 0 Å². The molecule has 0 saturated carbocycles. The van der Waals surface area contributed by atoms with Crippen LogP contribution in [0, 0.1) is 0 Å².